The van der Waals surface area contributed by atoms with Gasteiger partial charge in [0.1, 0.15) is 0 Å². The number of rotatable bonds is 4. The Hall–Kier alpha value is -0.0400. The maximum Gasteiger partial charge on any atom is 0.00102 e. The normalized spacial score (nSPS) is 31.2. The van der Waals surface area contributed by atoms with Gasteiger partial charge in [0.25, 0.3) is 0 Å². The van der Waals surface area contributed by atoms with Crippen molar-refractivity contribution in [3.8, 4) is 0 Å². The molecule has 1 heteroatoms. The Bertz CT molecular complexity index is 140. The van der Waals surface area contributed by atoms with Crippen molar-refractivity contribution in [1.82, 2.24) is 4.90 Å². The van der Waals surface area contributed by atoms with Crippen LogP contribution in [0.2, 0.25) is 0 Å². The first kappa shape index (κ1) is 8.55. The van der Waals surface area contributed by atoms with Gasteiger partial charge in [0, 0.05) is 13.1 Å². The van der Waals surface area contributed by atoms with Gasteiger partial charge in [0.2, 0.25) is 0 Å². The lowest BCUT2D eigenvalue weighted by Gasteiger charge is -2.14. The Morgan fingerprint density at radius 3 is 2.67 bits per heavy atom. The highest BCUT2D eigenvalue weighted by molar-refractivity contribution is 4.82. The van der Waals surface area contributed by atoms with Crippen LogP contribution in [-0.2, 0) is 0 Å². The molecular weight excluding hydrogens is 146 g/mol. The van der Waals surface area contributed by atoms with E-state index in [9.17, 15) is 0 Å². The Balaban J connectivity index is 1.66. The van der Waals surface area contributed by atoms with Crippen LogP contribution in [0.15, 0.2) is 0 Å². The summed E-state index contributed by atoms with van der Waals surface area (Å²) < 4.78 is 0. The molecule has 0 spiro atoms. The Kier molecular flexibility index (Phi) is 2.69. The molecule has 0 amide bonds. The molecule has 0 aromatic heterocycles. The van der Waals surface area contributed by atoms with E-state index in [1.54, 1.807) is 0 Å². The van der Waals surface area contributed by atoms with Crippen LogP contribution in [0.5, 0.6) is 0 Å². The van der Waals surface area contributed by atoms with Crippen LogP contribution in [0.4, 0.5) is 0 Å². The molecule has 1 aliphatic carbocycles. The molecule has 70 valence electrons. The molecule has 0 radical (unpaired) electrons. The van der Waals surface area contributed by atoms with E-state index in [0.717, 1.165) is 11.8 Å². The molecule has 0 aromatic carbocycles. The van der Waals surface area contributed by atoms with Crippen molar-refractivity contribution in [2.75, 3.05) is 19.6 Å². The second-order valence-corrected chi connectivity index (χ2v) is 4.65. The van der Waals surface area contributed by atoms with Crippen molar-refractivity contribution >= 4 is 0 Å². The summed E-state index contributed by atoms with van der Waals surface area (Å²) in [6, 6.07) is 0. The fourth-order valence-electron chi connectivity index (χ4n) is 2.39. The number of hydrogen-bond donors (Lipinski definition) is 0. The van der Waals surface area contributed by atoms with Crippen LogP contribution in [0.3, 0.4) is 0 Å². The zero-order valence-electron chi connectivity index (χ0n) is 8.26. The van der Waals surface area contributed by atoms with Crippen LogP contribution < -0.4 is 0 Å². The zero-order valence-corrected chi connectivity index (χ0v) is 8.26. The summed E-state index contributed by atoms with van der Waals surface area (Å²) in [6.07, 6.45) is 7.33. The Morgan fingerprint density at radius 2 is 2.00 bits per heavy atom. The number of hydrogen-bond acceptors (Lipinski definition) is 1. The van der Waals surface area contributed by atoms with Crippen molar-refractivity contribution in [2.45, 2.75) is 39.0 Å². The molecular formula is C11H21N. The molecule has 12 heavy (non-hydrogen) atoms. The molecule has 2 rings (SSSR count). The topological polar surface area (TPSA) is 3.24 Å². The van der Waals surface area contributed by atoms with Crippen molar-refractivity contribution < 1.29 is 0 Å². The SMILES string of the molecule is CCC[C@H]1CCN(CC2CC2)C1. The van der Waals surface area contributed by atoms with Crippen LogP contribution in [-0.4, -0.2) is 24.5 Å². The smallest absolute Gasteiger partial charge is 0.00102 e. The quantitative estimate of drug-likeness (QED) is 0.622. The highest BCUT2D eigenvalue weighted by atomic mass is 15.1. The van der Waals surface area contributed by atoms with Crippen molar-refractivity contribution in [2.24, 2.45) is 11.8 Å². The van der Waals surface area contributed by atoms with Crippen LogP contribution >= 0.6 is 0 Å². The monoisotopic (exact) mass is 167 g/mol. The second-order valence-electron chi connectivity index (χ2n) is 4.65. The second kappa shape index (κ2) is 3.78. The van der Waals surface area contributed by atoms with Gasteiger partial charge in [0.05, 0.1) is 0 Å². The summed E-state index contributed by atoms with van der Waals surface area (Å²) in [7, 11) is 0. The molecule has 1 heterocycles. The lowest BCUT2D eigenvalue weighted by Crippen LogP contribution is -2.23. The first-order valence-electron chi connectivity index (χ1n) is 5.61. The van der Waals surface area contributed by atoms with E-state index in [2.05, 4.69) is 11.8 Å². The summed E-state index contributed by atoms with van der Waals surface area (Å²) >= 11 is 0. The largest absolute Gasteiger partial charge is 0.303 e. The minimum Gasteiger partial charge on any atom is -0.303 e. The van der Waals surface area contributed by atoms with Gasteiger partial charge in [-0.25, -0.2) is 0 Å². The lowest BCUT2D eigenvalue weighted by molar-refractivity contribution is 0.307. The Morgan fingerprint density at radius 1 is 1.17 bits per heavy atom. The van der Waals surface area contributed by atoms with Gasteiger partial charge < -0.3 is 4.90 Å². The molecule has 0 bridgehead atoms. The van der Waals surface area contributed by atoms with E-state index in [1.807, 2.05) is 0 Å². The third kappa shape index (κ3) is 2.22. The molecule has 2 fully saturated rings. The fourth-order valence-corrected chi connectivity index (χ4v) is 2.39. The molecule has 0 N–H and O–H groups in total. The van der Waals surface area contributed by atoms with Gasteiger partial charge in [-0.3, -0.25) is 0 Å². The van der Waals surface area contributed by atoms with Crippen molar-refractivity contribution in [3.63, 3.8) is 0 Å². The highest BCUT2D eigenvalue weighted by Gasteiger charge is 2.28. The maximum absolute atomic E-state index is 2.69. The van der Waals surface area contributed by atoms with E-state index in [1.165, 1.54) is 51.7 Å². The zero-order chi connectivity index (χ0) is 8.39. The highest BCUT2D eigenvalue weighted by Crippen LogP contribution is 2.32. The average Bonchev–Trinajstić information content (AvgIpc) is 2.74. The average molecular weight is 167 g/mol. The standard InChI is InChI=1S/C11H21N/c1-2-3-10-6-7-12(8-10)9-11-4-5-11/h10-11H,2-9H2,1H3/t10-/m0/s1. The molecule has 0 unspecified atom stereocenters. The van der Waals surface area contributed by atoms with Gasteiger partial charge >= 0.3 is 0 Å². The summed E-state index contributed by atoms with van der Waals surface area (Å²) in [5.74, 6) is 2.12. The summed E-state index contributed by atoms with van der Waals surface area (Å²) in [5, 5.41) is 0. The van der Waals surface area contributed by atoms with Crippen LogP contribution in [0.1, 0.15) is 39.0 Å². The summed E-state index contributed by atoms with van der Waals surface area (Å²) in [4.78, 5) is 2.69. The van der Waals surface area contributed by atoms with Gasteiger partial charge in [-0.1, -0.05) is 13.3 Å². The summed E-state index contributed by atoms with van der Waals surface area (Å²) in [6.45, 7) is 6.52. The minimum absolute atomic E-state index is 1.04. The minimum atomic E-state index is 1.04. The van der Waals surface area contributed by atoms with Gasteiger partial charge in [0.15, 0.2) is 0 Å². The molecule has 1 nitrogen and oxygen atoms in total. The van der Waals surface area contributed by atoms with E-state index in [-0.39, 0.29) is 0 Å². The first-order valence-corrected chi connectivity index (χ1v) is 5.61. The van der Waals surface area contributed by atoms with E-state index >= 15 is 0 Å². The van der Waals surface area contributed by atoms with Gasteiger partial charge in [-0.05, 0) is 44.1 Å². The van der Waals surface area contributed by atoms with E-state index < -0.39 is 0 Å². The van der Waals surface area contributed by atoms with Crippen LogP contribution in [0, 0.1) is 11.8 Å². The van der Waals surface area contributed by atoms with Crippen molar-refractivity contribution in [1.29, 1.82) is 0 Å². The number of nitrogens with zero attached hydrogens (tertiary/aromatic N) is 1. The van der Waals surface area contributed by atoms with Gasteiger partial charge in [-0.2, -0.15) is 0 Å². The third-order valence-corrected chi connectivity index (χ3v) is 3.28. The molecule has 1 aliphatic heterocycles. The predicted octanol–water partition coefficient (Wildman–Crippen LogP) is 2.52. The van der Waals surface area contributed by atoms with E-state index in [0.29, 0.717) is 0 Å². The fraction of sp³-hybridized carbons (Fsp3) is 1.00. The number of likely N-dealkylation sites (tertiary alicyclic amines) is 1. The molecule has 2 aliphatic rings. The molecule has 1 atom stereocenters. The van der Waals surface area contributed by atoms with Gasteiger partial charge in [-0.15, -0.1) is 0 Å². The molecule has 1 saturated carbocycles. The van der Waals surface area contributed by atoms with Crippen LogP contribution in [0.25, 0.3) is 0 Å². The molecule has 1 saturated heterocycles. The lowest BCUT2D eigenvalue weighted by atomic mass is 10.0. The maximum atomic E-state index is 2.69. The summed E-state index contributed by atoms with van der Waals surface area (Å²) in [5.41, 5.74) is 0. The third-order valence-electron chi connectivity index (χ3n) is 3.28. The van der Waals surface area contributed by atoms with Crippen molar-refractivity contribution in [3.05, 3.63) is 0 Å². The Labute approximate surface area is 76.1 Å². The molecule has 0 aromatic rings. The van der Waals surface area contributed by atoms with E-state index in [4.69, 9.17) is 0 Å². The first-order chi connectivity index (χ1) is 5.88. The predicted molar refractivity (Wildman–Crippen MR) is 52.2 cm³/mol.